The first-order valence-electron chi connectivity index (χ1n) is 8.71. The molecule has 2 aromatic carbocycles. The SMILES string of the molecule is CC(=O)OC(C#CC#C[Si](C)(C)C)c1ccccc1C#Cc1ccccc1. The van der Waals surface area contributed by atoms with Gasteiger partial charge in [-0.15, -0.1) is 5.54 Å². The van der Waals surface area contributed by atoms with E-state index in [1.54, 1.807) is 0 Å². The van der Waals surface area contributed by atoms with Gasteiger partial charge in [0.05, 0.1) is 0 Å². The first-order chi connectivity index (χ1) is 12.8. The third-order valence-electron chi connectivity index (χ3n) is 3.35. The van der Waals surface area contributed by atoms with Crippen molar-refractivity contribution in [1.29, 1.82) is 0 Å². The summed E-state index contributed by atoms with van der Waals surface area (Å²) in [5.74, 6) is 14.6. The second kappa shape index (κ2) is 9.49. The van der Waals surface area contributed by atoms with Gasteiger partial charge in [0.25, 0.3) is 0 Å². The predicted molar refractivity (Wildman–Crippen MR) is 112 cm³/mol. The van der Waals surface area contributed by atoms with Gasteiger partial charge in [-0.05, 0) is 36.0 Å². The van der Waals surface area contributed by atoms with Gasteiger partial charge in [-0.2, -0.15) is 0 Å². The Hall–Kier alpha value is -3.19. The first kappa shape index (κ1) is 20.1. The second-order valence-corrected chi connectivity index (χ2v) is 11.7. The van der Waals surface area contributed by atoms with E-state index in [0.717, 1.165) is 16.7 Å². The van der Waals surface area contributed by atoms with E-state index in [9.17, 15) is 4.79 Å². The van der Waals surface area contributed by atoms with Gasteiger partial charge in [0, 0.05) is 23.6 Å². The fourth-order valence-corrected chi connectivity index (χ4v) is 2.60. The summed E-state index contributed by atoms with van der Waals surface area (Å²) in [5, 5.41) is 0. The normalized spacial score (nSPS) is 10.8. The van der Waals surface area contributed by atoms with Crippen LogP contribution >= 0.6 is 0 Å². The molecule has 0 aliphatic carbocycles. The highest BCUT2D eigenvalue weighted by atomic mass is 28.3. The van der Waals surface area contributed by atoms with Crippen molar-refractivity contribution in [3.63, 3.8) is 0 Å². The molecule has 0 bridgehead atoms. The van der Waals surface area contributed by atoms with Crippen LogP contribution in [-0.4, -0.2) is 14.0 Å². The Morgan fingerprint density at radius 2 is 1.59 bits per heavy atom. The number of rotatable bonds is 2. The van der Waals surface area contributed by atoms with Crippen LogP contribution in [0, 0.1) is 35.1 Å². The summed E-state index contributed by atoms with van der Waals surface area (Å²) in [4.78, 5) is 11.6. The number of hydrogen-bond donors (Lipinski definition) is 0. The van der Waals surface area contributed by atoms with E-state index in [2.05, 4.69) is 54.8 Å². The molecule has 0 N–H and O–H groups in total. The molecule has 0 aliphatic heterocycles. The van der Waals surface area contributed by atoms with Gasteiger partial charge in [-0.3, -0.25) is 4.79 Å². The summed E-state index contributed by atoms with van der Waals surface area (Å²) in [6.45, 7) is 7.83. The Bertz CT molecular complexity index is 981. The van der Waals surface area contributed by atoms with E-state index in [4.69, 9.17) is 4.74 Å². The molecule has 1 atom stereocenters. The zero-order chi connectivity index (χ0) is 19.7. The quantitative estimate of drug-likeness (QED) is 0.440. The van der Waals surface area contributed by atoms with Crippen LogP contribution in [0.25, 0.3) is 0 Å². The minimum Gasteiger partial charge on any atom is -0.444 e. The van der Waals surface area contributed by atoms with Crippen LogP contribution in [0.4, 0.5) is 0 Å². The monoisotopic (exact) mass is 370 g/mol. The zero-order valence-corrected chi connectivity index (χ0v) is 17.1. The molecule has 27 heavy (non-hydrogen) atoms. The molecule has 0 aliphatic rings. The van der Waals surface area contributed by atoms with Crippen molar-refractivity contribution in [3.05, 3.63) is 71.3 Å². The molecule has 3 heteroatoms. The minimum atomic E-state index is -1.50. The molecule has 0 fully saturated rings. The maximum atomic E-state index is 11.6. The van der Waals surface area contributed by atoms with Crippen molar-refractivity contribution in [3.8, 4) is 35.1 Å². The molecule has 134 valence electrons. The van der Waals surface area contributed by atoms with Crippen LogP contribution in [0.15, 0.2) is 54.6 Å². The predicted octanol–water partition coefficient (Wildman–Crippen LogP) is 4.57. The lowest BCUT2D eigenvalue weighted by atomic mass is 10.0. The van der Waals surface area contributed by atoms with Crippen molar-refractivity contribution >= 4 is 14.0 Å². The van der Waals surface area contributed by atoms with Crippen LogP contribution in [0.1, 0.15) is 29.7 Å². The Kier molecular flexibility index (Phi) is 7.07. The number of hydrogen-bond acceptors (Lipinski definition) is 2. The van der Waals surface area contributed by atoms with Crippen LogP contribution in [0.3, 0.4) is 0 Å². The molecular weight excluding hydrogens is 348 g/mol. The summed E-state index contributed by atoms with van der Waals surface area (Å²) in [6.07, 6.45) is -0.695. The van der Waals surface area contributed by atoms with Gasteiger partial charge in [-0.25, -0.2) is 0 Å². The van der Waals surface area contributed by atoms with E-state index in [-0.39, 0.29) is 0 Å². The smallest absolute Gasteiger partial charge is 0.304 e. The molecule has 1 unspecified atom stereocenters. The highest BCUT2D eigenvalue weighted by molar-refractivity contribution is 6.83. The molecule has 0 saturated carbocycles. The molecule has 0 saturated heterocycles. The molecule has 2 aromatic rings. The summed E-state index contributed by atoms with van der Waals surface area (Å²) in [5.41, 5.74) is 5.65. The molecule has 2 nitrogen and oxygen atoms in total. The molecule has 0 aromatic heterocycles. The van der Waals surface area contributed by atoms with E-state index in [1.165, 1.54) is 6.92 Å². The second-order valence-electron chi connectivity index (χ2n) is 6.96. The number of carbonyl (C=O) groups excluding carboxylic acids is 1. The summed E-state index contributed by atoms with van der Waals surface area (Å²) in [6, 6.07) is 17.3. The minimum absolute atomic E-state index is 0.390. The lowest BCUT2D eigenvalue weighted by Gasteiger charge is -2.13. The Morgan fingerprint density at radius 3 is 2.26 bits per heavy atom. The number of benzene rings is 2. The van der Waals surface area contributed by atoms with Crippen LogP contribution in [0.5, 0.6) is 0 Å². The van der Waals surface area contributed by atoms with Crippen molar-refractivity contribution in [1.82, 2.24) is 0 Å². The standard InChI is InChI=1S/C24H22O2Si/c1-20(25)26-24(16-10-11-19-27(2,3)4)23-15-9-8-14-22(23)18-17-21-12-6-5-7-13-21/h5-9,12-15,24H,1-4H3. The Balaban J connectivity index is 2.39. The molecule has 0 spiro atoms. The van der Waals surface area contributed by atoms with Crippen molar-refractivity contribution in [2.45, 2.75) is 32.7 Å². The molecule has 0 amide bonds. The maximum Gasteiger partial charge on any atom is 0.304 e. The van der Waals surface area contributed by atoms with Gasteiger partial charge in [-0.1, -0.05) is 67.9 Å². The topological polar surface area (TPSA) is 26.3 Å². The average molecular weight is 371 g/mol. The number of esters is 1. The fourth-order valence-electron chi connectivity index (χ4n) is 2.16. The summed E-state index contributed by atoms with van der Waals surface area (Å²) < 4.78 is 5.42. The van der Waals surface area contributed by atoms with Gasteiger partial charge in [0.1, 0.15) is 8.07 Å². The Morgan fingerprint density at radius 1 is 0.926 bits per heavy atom. The number of carbonyl (C=O) groups is 1. The average Bonchev–Trinajstić information content (AvgIpc) is 2.62. The Labute approximate surface area is 163 Å². The van der Waals surface area contributed by atoms with Crippen LogP contribution in [-0.2, 0) is 9.53 Å². The van der Waals surface area contributed by atoms with Gasteiger partial charge < -0.3 is 4.74 Å². The van der Waals surface area contributed by atoms with E-state index in [1.807, 2.05) is 54.6 Å². The van der Waals surface area contributed by atoms with Crippen LogP contribution < -0.4 is 0 Å². The third kappa shape index (κ3) is 7.29. The first-order valence-corrected chi connectivity index (χ1v) is 12.2. The number of ether oxygens (including phenoxy) is 1. The van der Waals surface area contributed by atoms with Gasteiger partial charge >= 0.3 is 5.97 Å². The largest absolute Gasteiger partial charge is 0.444 e. The summed E-state index contributed by atoms with van der Waals surface area (Å²) in [7, 11) is -1.50. The van der Waals surface area contributed by atoms with Crippen LogP contribution in [0.2, 0.25) is 19.6 Å². The van der Waals surface area contributed by atoms with Crippen molar-refractivity contribution in [2.75, 3.05) is 0 Å². The summed E-state index contributed by atoms with van der Waals surface area (Å²) >= 11 is 0. The molecule has 2 rings (SSSR count). The van der Waals surface area contributed by atoms with Crippen molar-refractivity contribution < 1.29 is 9.53 Å². The highest BCUT2D eigenvalue weighted by Gasteiger charge is 2.15. The van der Waals surface area contributed by atoms with E-state index >= 15 is 0 Å². The zero-order valence-electron chi connectivity index (χ0n) is 16.1. The van der Waals surface area contributed by atoms with Crippen molar-refractivity contribution in [2.24, 2.45) is 0 Å². The third-order valence-corrected chi connectivity index (χ3v) is 4.22. The molecular formula is C24H22O2Si. The maximum absolute atomic E-state index is 11.6. The van der Waals surface area contributed by atoms with E-state index in [0.29, 0.717) is 0 Å². The highest BCUT2D eigenvalue weighted by Crippen LogP contribution is 2.21. The molecule has 0 heterocycles. The van der Waals surface area contributed by atoms with E-state index < -0.39 is 20.1 Å². The fraction of sp³-hybridized carbons (Fsp3) is 0.208. The lowest BCUT2D eigenvalue weighted by Crippen LogP contribution is -2.16. The van der Waals surface area contributed by atoms with Gasteiger partial charge in [0.15, 0.2) is 6.10 Å². The lowest BCUT2D eigenvalue weighted by molar-refractivity contribution is -0.144. The van der Waals surface area contributed by atoms with Gasteiger partial charge in [0.2, 0.25) is 0 Å². The molecule has 0 radical (unpaired) electrons.